The molecule has 0 saturated heterocycles. The molecule has 7 nitrogen and oxygen atoms in total. The number of nitrogens with one attached hydrogen (secondary N) is 2. The predicted molar refractivity (Wildman–Crippen MR) is 122 cm³/mol. The summed E-state index contributed by atoms with van der Waals surface area (Å²) in [6, 6.07) is 7.19. The molecule has 1 aliphatic rings. The molecule has 0 fully saturated rings. The maximum atomic E-state index is 13.3. The summed E-state index contributed by atoms with van der Waals surface area (Å²) in [5, 5.41) is 2.58. The van der Waals surface area contributed by atoms with Gasteiger partial charge in [-0.05, 0) is 54.7 Å². The van der Waals surface area contributed by atoms with Gasteiger partial charge < -0.3 is 10.2 Å². The van der Waals surface area contributed by atoms with Crippen LogP contribution in [0.4, 0.5) is 15.8 Å². The zero-order chi connectivity index (χ0) is 23.6. The summed E-state index contributed by atoms with van der Waals surface area (Å²) in [5.41, 5.74) is 1.28. The lowest BCUT2D eigenvalue weighted by Gasteiger charge is -2.21. The number of sulfonamides is 1. The Kier molecular flexibility index (Phi) is 7.22. The maximum absolute atomic E-state index is 13.3. The molecule has 1 atom stereocenters. The maximum Gasteiger partial charge on any atom is 0.242 e. The predicted octanol–water partition coefficient (Wildman–Crippen LogP) is 3.72. The molecule has 2 N–H and O–H groups in total. The molecule has 2 aromatic carbocycles. The first-order chi connectivity index (χ1) is 15.0. The lowest BCUT2D eigenvalue weighted by molar-refractivity contribution is -0.118. The Labute approximate surface area is 192 Å². The molecule has 0 saturated carbocycles. The number of hydrogen-bond donors (Lipinski definition) is 2. The normalized spacial score (nSPS) is 14.4. The first-order valence-corrected chi connectivity index (χ1v) is 12.0. The van der Waals surface area contributed by atoms with Gasteiger partial charge in [0.1, 0.15) is 11.9 Å². The Balaban J connectivity index is 1.89. The highest BCUT2D eigenvalue weighted by atomic mass is 35.5. The van der Waals surface area contributed by atoms with E-state index in [1.54, 1.807) is 12.1 Å². The van der Waals surface area contributed by atoms with Crippen molar-refractivity contribution in [2.24, 2.45) is 5.92 Å². The Morgan fingerprint density at radius 2 is 1.94 bits per heavy atom. The molecule has 0 aromatic heterocycles. The van der Waals surface area contributed by atoms with Gasteiger partial charge in [0.15, 0.2) is 0 Å². The number of amides is 2. The van der Waals surface area contributed by atoms with Gasteiger partial charge in [-0.2, -0.15) is 4.72 Å². The fourth-order valence-electron chi connectivity index (χ4n) is 3.72. The molecule has 0 spiro atoms. The number of rotatable bonds is 7. The second-order valence-electron chi connectivity index (χ2n) is 8.09. The van der Waals surface area contributed by atoms with Gasteiger partial charge in [-0.1, -0.05) is 31.5 Å². The average Bonchev–Trinajstić information content (AvgIpc) is 3.13. The van der Waals surface area contributed by atoms with E-state index in [0.717, 1.165) is 12.1 Å². The Morgan fingerprint density at radius 3 is 2.56 bits per heavy atom. The van der Waals surface area contributed by atoms with Crippen molar-refractivity contribution in [1.82, 2.24) is 4.72 Å². The molecular formula is C22H25ClFN3O4S. The third-order valence-electron chi connectivity index (χ3n) is 5.16. The molecule has 0 bridgehead atoms. The van der Waals surface area contributed by atoms with E-state index in [9.17, 15) is 22.4 Å². The SMILES string of the molecule is CC(=O)N1CCc2c1cccc2S(=O)(=O)NC(CC(C)C)C(=O)Nc1ccc(F)cc1Cl. The van der Waals surface area contributed by atoms with Crippen LogP contribution in [0.3, 0.4) is 0 Å². The molecule has 0 aliphatic carbocycles. The van der Waals surface area contributed by atoms with Crippen LogP contribution in [0.25, 0.3) is 0 Å². The fourth-order valence-corrected chi connectivity index (χ4v) is 5.43. The quantitative estimate of drug-likeness (QED) is 0.630. The summed E-state index contributed by atoms with van der Waals surface area (Å²) in [6.45, 7) is 5.56. The Morgan fingerprint density at radius 1 is 1.22 bits per heavy atom. The summed E-state index contributed by atoms with van der Waals surface area (Å²) in [7, 11) is -4.08. The number of carbonyl (C=O) groups is 2. The van der Waals surface area contributed by atoms with Crippen LogP contribution in [0.1, 0.15) is 32.8 Å². The molecule has 1 aliphatic heterocycles. The van der Waals surface area contributed by atoms with Crippen LogP contribution in [-0.2, 0) is 26.0 Å². The topological polar surface area (TPSA) is 95.6 Å². The van der Waals surface area contributed by atoms with E-state index in [2.05, 4.69) is 10.0 Å². The van der Waals surface area contributed by atoms with Crippen molar-refractivity contribution >= 4 is 44.8 Å². The van der Waals surface area contributed by atoms with Crippen LogP contribution in [0.5, 0.6) is 0 Å². The minimum absolute atomic E-state index is 0.00633. The van der Waals surface area contributed by atoms with Crippen molar-refractivity contribution in [3.63, 3.8) is 0 Å². The van der Waals surface area contributed by atoms with Crippen LogP contribution in [0.15, 0.2) is 41.3 Å². The van der Waals surface area contributed by atoms with Gasteiger partial charge in [-0.15, -0.1) is 0 Å². The van der Waals surface area contributed by atoms with Crippen LogP contribution >= 0.6 is 11.6 Å². The lowest BCUT2D eigenvalue weighted by atomic mass is 10.0. The summed E-state index contributed by atoms with van der Waals surface area (Å²) < 4.78 is 42.3. The van der Waals surface area contributed by atoms with Gasteiger partial charge in [0.05, 0.1) is 15.6 Å². The number of carbonyl (C=O) groups excluding carboxylic acids is 2. The van der Waals surface area contributed by atoms with Crippen LogP contribution in [0, 0.1) is 11.7 Å². The van der Waals surface area contributed by atoms with Crippen molar-refractivity contribution in [1.29, 1.82) is 0 Å². The van der Waals surface area contributed by atoms with Crippen molar-refractivity contribution in [3.05, 3.63) is 52.8 Å². The van der Waals surface area contributed by atoms with Gasteiger partial charge in [0.25, 0.3) is 0 Å². The molecule has 1 unspecified atom stereocenters. The van der Waals surface area contributed by atoms with E-state index in [1.165, 1.54) is 24.0 Å². The van der Waals surface area contributed by atoms with Crippen molar-refractivity contribution in [3.8, 4) is 0 Å². The molecule has 172 valence electrons. The largest absolute Gasteiger partial charge is 0.323 e. The number of anilines is 2. The molecule has 2 aromatic rings. The van der Waals surface area contributed by atoms with Crippen molar-refractivity contribution in [2.45, 2.75) is 44.6 Å². The standard InChI is InChI=1S/C22H25ClFN3O4S/c1-13(2)11-19(22(29)25-18-8-7-15(24)12-17(18)23)26-32(30,31)21-6-4-5-20-16(21)9-10-27(20)14(3)28/h4-8,12-13,19,26H,9-11H2,1-3H3,(H,25,29). The smallest absolute Gasteiger partial charge is 0.242 e. The molecule has 0 radical (unpaired) electrons. The first kappa shape index (κ1) is 24.2. The third kappa shape index (κ3) is 5.28. The highest BCUT2D eigenvalue weighted by Crippen LogP contribution is 2.33. The minimum atomic E-state index is -4.08. The number of nitrogens with zero attached hydrogens (tertiary/aromatic N) is 1. The fraction of sp³-hybridized carbons (Fsp3) is 0.364. The van der Waals surface area contributed by atoms with Gasteiger partial charge in [-0.25, -0.2) is 12.8 Å². The number of halogens is 2. The highest BCUT2D eigenvalue weighted by molar-refractivity contribution is 7.89. The van der Waals surface area contributed by atoms with Gasteiger partial charge in [0.2, 0.25) is 21.8 Å². The highest BCUT2D eigenvalue weighted by Gasteiger charge is 2.32. The average molecular weight is 482 g/mol. The van der Waals surface area contributed by atoms with Crippen LogP contribution < -0.4 is 14.9 Å². The van der Waals surface area contributed by atoms with E-state index in [0.29, 0.717) is 24.2 Å². The van der Waals surface area contributed by atoms with E-state index >= 15 is 0 Å². The Bertz CT molecular complexity index is 1150. The summed E-state index contributed by atoms with van der Waals surface area (Å²) in [5.74, 6) is -1.31. The zero-order valence-corrected chi connectivity index (χ0v) is 19.6. The monoisotopic (exact) mass is 481 g/mol. The molecule has 1 heterocycles. The van der Waals surface area contributed by atoms with Crippen molar-refractivity contribution < 1.29 is 22.4 Å². The lowest BCUT2D eigenvalue weighted by Crippen LogP contribution is -2.44. The zero-order valence-electron chi connectivity index (χ0n) is 18.0. The number of fused-ring (bicyclic) bond motifs is 1. The summed E-state index contributed by atoms with van der Waals surface area (Å²) >= 11 is 5.99. The molecule has 10 heteroatoms. The van der Waals surface area contributed by atoms with E-state index in [4.69, 9.17) is 11.6 Å². The minimum Gasteiger partial charge on any atom is -0.323 e. The first-order valence-electron chi connectivity index (χ1n) is 10.2. The number of hydrogen-bond acceptors (Lipinski definition) is 4. The van der Waals surface area contributed by atoms with Crippen LogP contribution in [0.2, 0.25) is 5.02 Å². The molecule has 32 heavy (non-hydrogen) atoms. The van der Waals surface area contributed by atoms with Gasteiger partial charge >= 0.3 is 0 Å². The molecular weight excluding hydrogens is 457 g/mol. The van der Waals surface area contributed by atoms with Gasteiger partial charge in [-0.3, -0.25) is 9.59 Å². The third-order valence-corrected chi connectivity index (χ3v) is 7.03. The molecule has 3 rings (SSSR count). The van der Waals surface area contributed by atoms with E-state index in [1.807, 2.05) is 13.8 Å². The summed E-state index contributed by atoms with van der Waals surface area (Å²) in [6.07, 6.45) is 0.636. The summed E-state index contributed by atoms with van der Waals surface area (Å²) in [4.78, 5) is 26.4. The van der Waals surface area contributed by atoms with Crippen molar-refractivity contribution in [2.75, 3.05) is 16.8 Å². The second kappa shape index (κ2) is 9.56. The second-order valence-corrected chi connectivity index (χ2v) is 10.2. The van der Waals surface area contributed by atoms with Gasteiger partial charge in [0, 0.05) is 19.2 Å². The van der Waals surface area contributed by atoms with E-state index in [-0.39, 0.29) is 33.9 Å². The van der Waals surface area contributed by atoms with E-state index < -0.39 is 27.8 Å². The molecule has 2 amide bonds. The Hall–Kier alpha value is -2.49. The van der Waals surface area contributed by atoms with Crippen LogP contribution in [-0.4, -0.2) is 32.8 Å². The number of benzene rings is 2.